The molecule has 0 amide bonds. The topological polar surface area (TPSA) is 46.6 Å². The van der Waals surface area contributed by atoms with Gasteiger partial charge in [-0.05, 0) is 43.5 Å². The van der Waals surface area contributed by atoms with Crippen molar-refractivity contribution in [3.05, 3.63) is 63.0 Å². The van der Waals surface area contributed by atoms with Crippen LogP contribution in [-0.4, -0.2) is 23.7 Å². The van der Waals surface area contributed by atoms with Gasteiger partial charge in [-0.15, -0.1) is 11.3 Å². The molecule has 0 fully saturated rings. The number of hydrogen-bond acceptors (Lipinski definition) is 5. The highest BCUT2D eigenvalue weighted by atomic mass is 35.5. The van der Waals surface area contributed by atoms with Gasteiger partial charge in [-0.25, -0.2) is 4.79 Å². The molecule has 1 aliphatic heterocycles. The molecule has 4 nitrogen and oxygen atoms in total. The van der Waals surface area contributed by atoms with E-state index in [1.54, 1.807) is 6.07 Å². The lowest BCUT2D eigenvalue weighted by atomic mass is 10.0. The van der Waals surface area contributed by atoms with Gasteiger partial charge in [0, 0.05) is 29.1 Å². The average molecular weight is 390 g/mol. The van der Waals surface area contributed by atoms with Gasteiger partial charge in [-0.1, -0.05) is 35.4 Å². The molecular formula is C20H20ClNO3S. The maximum Gasteiger partial charge on any atom is 0.336 e. The normalized spacial score (nSPS) is 15.0. The number of hydrogen-bond donors (Lipinski definition) is 0. The molecular weight excluding hydrogens is 370 g/mol. The first kappa shape index (κ1) is 18.8. The number of benzene rings is 1. The van der Waals surface area contributed by atoms with Gasteiger partial charge in [0.1, 0.15) is 6.29 Å². The molecule has 2 heterocycles. The number of carbonyl (C=O) groups is 2. The summed E-state index contributed by atoms with van der Waals surface area (Å²) in [6.07, 6.45) is 3.23. The maximum absolute atomic E-state index is 11.8. The first-order valence-electron chi connectivity index (χ1n) is 8.40. The zero-order chi connectivity index (χ0) is 18.7. The first-order valence-corrected chi connectivity index (χ1v) is 9.59. The van der Waals surface area contributed by atoms with Crippen LogP contribution in [0.3, 0.4) is 0 Å². The molecule has 0 saturated carbocycles. The number of carbonyl (C=O) groups excluding carboxylic acids is 2. The minimum Gasteiger partial charge on any atom is -0.412 e. The van der Waals surface area contributed by atoms with Crippen LogP contribution in [0, 0.1) is 0 Å². The summed E-state index contributed by atoms with van der Waals surface area (Å²) in [5.74, 6) is -0.359. The summed E-state index contributed by atoms with van der Waals surface area (Å²) in [7, 11) is 0. The fourth-order valence-corrected chi connectivity index (χ4v) is 4.31. The molecule has 0 bridgehead atoms. The third kappa shape index (κ3) is 4.23. The van der Waals surface area contributed by atoms with Gasteiger partial charge >= 0.3 is 5.97 Å². The van der Waals surface area contributed by atoms with Gasteiger partial charge in [0.25, 0.3) is 0 Å². The zero-order valence-electron chi connectivity index (χ0n) is 14.7. The van der Waals surface area contributed by atoms with E-state index >= 15 is 0 Å². The van der Waals surface area contributed by atoms with Gasteiger partial charge in [-0.2, -0.15) is 0 Å². The van der Waals surface area contributed by atoms with E-state index in [0.29, 0.717) is 16.6 Å². The molecule has 0 N–H and O–H groups in total. The minimum absolute atomic E-state index is 0.359. The first-order chi connectivity index (χ1) is 12.5. The van der Waals surface area contributed by atoms with Gasteiger partial charge < -0.3 is 9.53 Å². The summed E-state index contributed by atoms with van der Waals surface area (Å²) < 4.78 is 5.40. The molecule has 6 heteroatoms. The largest absolute Gasteiger partial charge is 0.412 e. The summed E-state index contributed by atoms with van der Waals surface area (Å²) in [4.78, 5) is 26.9. The fourth-order valence-electron chi connectivity index (χ4n) is 3.05. The molecule has 0 aliphatic carbocycles. The SMILES string of the molecule is CC(C)=CC(=O)Oc1cc2c(s1)CCN(C(C=O)c1ccccc1Cl)C2. The van der Waals surface area contributed by atoms with Crippen LogP contribution < -0.4 is 4.74 Å². The molecule has 0 saturated heterocycles. The van der Waals surface area contributed by atoms with Crippen molar-refractivity contribution in [2.45, 2.75) is 32.9 Å². The van der Waals surface area contributed by atoms with Crippen LogP contribution in [0.25, 0.3) is 0 Å². The van der Waals surface area contributed by atoms with Gasteiger partial charge in [-0.3, -0.25) is 4.90 Å². The molecule has 3 rings (SSSR count). The molecule has 136 valence electrons. The standard InChI is InChI=1S/C20H20ClNO3S/c1-13(2)9-19(24)25-20-10-14-11-22(8-7-18(14)26-20)17(12-23)15-5-3-4-6-16(15)21/h3-6,9-10,12,17H,7-8,11H2,1-2H3. The molecule has 1 aliphatic rings. The number of thiophene rings is 1. The molecule has 26 heavy (non-hydrogen) atoms. The Bertz CT molecular complexity index is 854. The maximum atomic E-state index is 11.8. The van der Waals surface area contributed by atoms with Crippen molar-refractivity contribution in [2.75, 3.05) is 6.54 Å². The second-order valence-corrected chi connectivity index (χ2v) is 7.99. The van der Waals surface area contributed by atoms with Crippen LogP contribution in [0.1, 0.15) is 35.9 Å². The summed E-state index contributed by atoms with van der Waals surface area (Å²) in [6, 6.07) is 8.95. The van der Waals surface area contributed by atoms with Crippen molar-refractivity contribution in [3.63, 3.8) is 0 Å². The van der Waals surface area contributed by atoms with Gasteiger partial charge in [0.15, 0.2) is 5.06 Å². The van der Waals surface area contributed by atoms with Crippen LogP contribution >= 0.6 is 22.9 Å². The predicted octanol–water partition coefficient (Wildman–Crippen LogP) is 4.57. The van der Waals surface area contributed by atoms with E-state index in [4.69, 9.17) is 16.3 Å². The van der Waals surface area contributed by atoms with Crippen LogP contribution in [0.2, 0.25) is 5.02 Å². The monoisotopic (exact) mass is 389 g/mol. The smallest absolute Gasteiger partial charge is 0.336 e. The average Bonchev–Trinajstić information content (AvgIpc) is 2.97. The summed E-state index contributed by atoms with van der Waals surface area (Å²) >= 11 is 7.77. The molecule has 1 unspecified atom stereocenters. The molecule has 1 atom stereocenters. The van der Waals surface area contributed by atoms with Crippen molar-refractivity contribution < 1.29 is 14.3 Å². The highest BCUT2D eigenvalue weighted by Crippen LogP contribution is 2.36. The van der Waals surface area contributed by atoms with E-state index in [1.165, 1.54) is 22.3 Å². The third-order valence-corrected chi connectivity index (χ3v) is 5.69. The van der Waals surface area contributed by atoms with E-state index in [1.807, 2.05) is 38.1 Å². The van der Waals surface area contributed by atoms with E-state index in [2.05, 4.69) is 4.90 Å². The highest BCUT2D eigenvalue weighted by molar-refractivity contribution is 7.14. The number of fused-ring (bicyclic) bond motifs is 1. The number of allylic oxidation sites excluding steroid dienone is 1. The molecule has 2 aromatic rings. The van der Waals surface area contributed by atoms with Crippen molar-refractivity contribution in [1.82, 2.24) is 4.90 Å². The number of nitrogens with zero attached hydrogens (tertiary/aromatic N) is 1. The molecule has 1 aromatic carbocycles. The minimum atomic E-state index is -0.381. The van der Waals surface area contributed by atoms with E-state index in [0.717, 1.165) is 36.0 Å². The zero-order valence-corrected chi connectivity index (χ0v) is 16.3. The van der Waals surface area contributed by atoms with Crippen LogP contribution in [0.5, 0.6) is 5.06 Å². The Kier molecular flexibility index (Phi) is 5.91. The predicted molar refractivity (Wildman–Crippen MR) is 104 cm³/mol. The Labute approximate surface area is 162 Å². The molecule has 0 radical (unpaired) electrons. The Hall–Kier alpha value is -1.95. The number of aldehydes is 1. The van der Waals surface area contributed by atoms with Crippen molar-refractivity contribution in [2.24, 2.45) is 0 Å². The Morgan fingerprint density at radius 2 is 2.12 bits per heavy atom. The number of rotatable bonds is 5. The molecule has 0 spiro atoms. The van der Waals surface area contributed by atoms with E-state index in [9.17, 15) is 9.59 Å². The quantitative estimate of drug-likeness (QED) is 0.427. The van der Waals surface area contributed by atoms with E-state index in [-0.39, 0.29) is 12.0 Å². The van der Waals surface area contributed by atoms with E-state index < -0.39 is 0 Å². The van der Waals surface area contributed by atoms with Crippen LogP contribution in [0.15, 0.2) is 42.0 Å². The lowest BCUT2D eigenvalue weighted by molar-refractivity contribution is -0.128. The van der Waals surface area contributed by atoms with Gasteiger partial charge in [0.05, 0.1) is 6.04 Å². The lowest BCUT2D eigenvalue weighted by Crippen LogP contribution is -2.34. The Morgan fingerprint density at radius 3 is 2.81 bits per heavy atom. The second kappa shape index (κ2) is 8.16. The van der Waals surface area contributed by atoms with Crippen molar-refractivity contribution in [1.29, 1.82) is 0 Å². The Morgan fingerprint density at radius 1 is 1.35 bits per heavy atom. The second-order valence-electron chi connectivity index (χ2n) is 6.48. The van der Waals surface area contributed by atoms with Gasteiger partial charge in [0.2, 0.25) is 0 Å². The fraction of sp³-hybridized carbons (Fsp3) is 0.300. The lowest BCUT2D eigenvalue weighted by Gasteiger charge is -2.31. The van der Waals surface area contributed by atoms with Crippen LogP contribution in [0.4, 0.5) is 0 Å². The van der Waals surface area contributed by atoms with Crippen molar-refractivity contribution >= 4 is 35.2 Å². The Balaban J connectivity index is 1.77. The number of ether oxygens (including phenoxy) is 1. The number of halogens is 1. The summed E-state index contributed by atoms with van der Waals surface area (Å²) in [5.41, 5.74) is 2.81. The third-order valence-electron chi connectivity index (χ3n) is 4.23. The van der Waals surface area contributed by atoms with Crippen molar-refractivity contribution in [3.8, 4) is 5.06 Å². The highest BCUT2D eigenvalue weighted by Gasteiger charge is 2.27. The van der Waals surface area contributed by atoms with Crippen LogP contribution in [-0.2, 0) is 22.6 Å². The summed E-state index contributed by atoms with van der Waals surface area (Å²) in [6.45, 7) is 5.09. The molecule has 1 aromatic heterocycles. The number of esters is 1. The summed E-state index contributed by atoms with van der Waals surface area (Å²) in [5, 5.41) is 1.19.